The molecule has 0 aliphatic heterocycles. The van der Waals surface area contributed by atoms with Crippen LogP contribution in [0.4, 0.5) is 0 Å². The van der Waals surface area contributed by atoms with E-state index in [9.17, 15) is 4.79 Å². The highest BCUT2D eigenvalue weighted by atomic mass is 32.1. The van der Waals surface area contributed by atoms with Gasteiger partial charge in [0, 0.05) is 18.1 Å². The molecular formula is C16H15N3OS. The fraction of sp³-hybridized carbons (Fsp3) is 0.125. The zero-order chi connectivity index (χ0) is 14.7. The summed E-state index contributed by atoms with van der Waals surface area (Å²) in [5, 5.41) is 4.91. The van der Waals surface area contributed by atoms with E-state index in [0.717, 1.165) is 16.1 Å². The molecule has 1 aromatic carbocycles. The number of amides is 1. The third kappa shape index (κ3) is 3.03. The summed E-state index contributed by atoms with van der Waals surface area (Å²) in [6, 6.07) is 11.8. The lowest BCUT2D eigenvalue weighted by molar-refractivity contribution is 0.0944. The third-order valence-electron chi connectivity index (χ3n) is 3.29. The smallest absolute Gasteiger partial charge is 0.261 e. The zero-order valence-corrected chi connectivity index (χ0v) is 12.4. The molecule has 0 aliphatic carbocycles. The Kier molecular flexibility index (Phi) is 3.83. The SMILES string of the molecule is CC(NC(=O)c1cccs1)c1ccc(-n2ccnc2)cc1. The van der Waals surface area contributed by atoms with Gasteiger partial charge >= 0.3 is 0 Å². The molecular weight excluding hydrogens is 282 g/mol. The first-order valence-electron chi connectivity index (χ1n) is 6.67. The number of aromatic nitrogens is 2. The standard InChI is InChI=1S/C16H15N3OS/c1-12(18-16(20)15-3-2-10-21-15)13-4-6-14(7-5-13)19-9-8-17-11-19/h2-12H,1H3,(H,18,20). The van der Waals surface area contributed by atoms with Crippen molar-refractivity contribution in [2.45, 2.75) is 13.0 Å². The lowest BCUT2D eigenvalue weighted by Crippen LogP contribution is -2.25. The molecule has 1 atom stereocenters. The largest absolute Gasteiger partial charge is 0.345 e. The van der Waals surface area contributed by atoms with Gasteiger partial charge in [-0.05, 0) is 36.1 Å². The summed E-state index contributed by atoms with van der Waals surface area (Å²) in [6.07, 6.45) is 5.41. The number of nitrogens with one attached hydrogen (secondary N) is 1. The van der Waals surface area contributed by atoms with Crippen LogP contribution < -0.4 is 5.32 Å². The summed E-state index contributed by atoms with van der Waals surface area (Å²) in [5.41, 5.74) is 2.12. The van der Waals surface area contributed by atoms with Crippen molar-refractivity contribution in [3.8, 4) is 5.69 Å². The monoisotopic (exact) mass is 297 g/mol. The number of nitrogens with zero attached hydrogens (tertiary/aromatic N) is 2. The van der Waals surface area contributed by atoms with E-state index >= 15 is 0 Å². The Morgan fingerprint density at radius 1 is 1.29 bits per heavy atom. The summed E-state index contributed by atoms with van der Waals surface area (Å²) >= 11 is 1.45. The van der Waals surface area contributed by atoms with Crippen LogP contribution in [0.3, 0.4) is 0 Å². The van der Waals surface area contributed by atoms with Crippen molar-refractivity contribution in [3.63, 3.8) is 0 Å². The second kappa shape index (κ2) is 5.93. The van der Waals surface area contributed by atoms with Crippen LogP contribution >= 0.6 is 11.3 Å². The first-order valence-corrected chi connectivity index (χ1v) is 7.54. The molecule has 0 fully saturated rings. The van der Waals surface area contributed by atoms with Gasteiger partial charge in [0.1, 0.15) is 0 Å². The van der Waals surface area contributed by atoms with Crippen LogP contribution in [0.15, 0.2) is 60.5 Å². The quantitative estimate of drug-likeness (QED) is 0.802. The van der Waals surface area contributed by atoms with Crippen LogP contribution in [0.1, 0.15) is 28.2 Å². The Morgan fingerprint density at radius 2 is 2.10 bits per heavy atom. The number of imidazole rings is 1. The van der Waals surface area contributed by atoms with E-state index in [0.29, 0.717) is 0 Å². The molecule has 1 amide bonds. The van der Waals surface area contributed by atoms with E-state index in [4.69, 9.17) is 0 Å². The normalized spacial score (nSPS) is 12.0. The van der Waals surface area contributed by atoms with Gasteiger partial charge in [0.25, 0.3) is 5.91 Å². The topological polar surface area (TPSA) is 46.9 Å². The molecule has 3 rings (SSSR count). The Balaban J connectivity index is 1.70. The molecule has 2 aromatic heterocycles. The second-order valence-electron chi connectivity index (χ2n) is 4.73. The number of carbonyl (C=O) groups is 1. The van der Waals surface area contributed by atoms with Crippen LogP contribution in [-0.2, 0) is 0 Å². The van der Waals surface area contributed by atoms with Gasteiger partial charge < -0.3 is 9.88 Å². The number of rotatable bonds is 4. The van der Waals surface area contributed by atoms with Crippen molar-refractivity contribution in [1.29, 1.82) is 0 Å². The molecule has 0 radical (unpaired) electrons. The number of thiophene rings is 1. The minimum Gasteiger partial charge on any atom is -0.345 e. The van der Waals surface area contributed by atoms with Crippen LogP contribution in [0.5, 0.6) is 0 Å². The molecule has 0 saturated carbocycles. The van der Waals surface area contributed by atoms with Crippen molar-refractivity contribution in [1.82, 2.24) is 14.9 Å². The maximum Gasteiger partial charge on any atom is 0.261 e. The molecule has 5 heteroatoms. The van der Waals surface area contributed by atoms with Gasteiger partial charge in [0.2, 0.25) is 0 Å². The summed E-state index contributed by atoms with van der Waals surface area (Å²) in [5.74, 6) is -0.0313. The highest BCUT2D eigenvalue weighted by Crippen LogP contribution is 2.17. The highest BCUT2D eigenvalue weighted by molar-refractivity contribution is 7.12. The van der Waals surface area contributed by atoms with E-state index in [-0.39, 0.29) is 11.9 Å². The Labute approximate surface area is 127 Å². The average molecular weight is 297 g/mol. The van der Waals surface area contributed by atoms with Crippen molar-refractivity contribution >= 4 is 17.2 Å². The van der Waals surface area contributed by atoms with E-state index in [1.54, 1.807) is 12.5 Å². The van der Waals surface area contributed by atoms with Crippen LogP contribution in [0, 0.1) is 0 Å². The molecule has 106 valence electrons. The molecule has 0 saturated heterocycles. The minimum absolute atomic E-state index is 0.0311. The third-order valence-corrected chi connectivity index (χ3v) is 4.16. The second-order valence-corrected chi connectivity index (χ2v) is 5.68. The molecule has 1 N–H and O–H groups in total. The van der Waals surface area contributed by atoms with Gasteiger partial charge in [-0.3, -0.25) is 4.79 Å². The summed E-state index contributed by atoms with van der Waals surface area (Å²) in [7, 11) is 0. The molecule has 0 spiro atoms. The lowest BCUT2D eigenvalue weighted by Gasteiger charge is -2.14. The van der Waals surface area contributed by atoms with Crippen molar-refractivity contribution in [3.05, 3.63) is 70.9 Å². The lowest BCUT2D eigenvalue weighted by atomic mass is 10.1. The Bertz CT molecular complexity index is 703. The molecule has 4 nitrogen and oxygen atoms in total. The first-order chi connectivity index (χ1) is 10.2. The van der Waals surface area contributed by atoms with E-state index in [1.807, 2.05) is 59.5 Å². The maximum atomic E-state index is 12.0. The Hall–Kier alpha value is -2.40. The molecule has 0 aliphatic rings. The number of carbonyl (C=O) groups excluding carboxylic acids is 1. The highest BCUT2D eigenvalue weighted by Gasteiger charge is 2.12. The van der Waals surface area contributed by atoms with Gasteiger partial charge in [-0.15, -0.1) is 11.3 Å². The van der Waals surface area contributed by atoms with Crippen LogP contribution in [-0.4, -0.2) is 15.5 Å². The van der Waals surface area contributed by atoms with Crippen LogP contribution in [0.2, 0.25) is 0 Å². The summed E-state index contributed by atoms with van der Waals surface area (Å²) in [6.45, 7) is 1.98. The minimum atomic E-state index is -0.0313. The number of hydrogen-bond donors (Lipinski definition) is 1. The summed E-state index contributed by atoms with van der Waals surface area (Å²) < 4.78 is 1.94. The van der Waals surface area contributed by atoms with Gasteiger partial charge in [-0.1, -0.05) is 18.2 Å². The van der Waals surface area contributed by atoms with E-state index < -0.39 is 0 Å². The number of hydrogen-bond acceptors (Lipinski definition) is 3. The fourth-order valence-electron chi connectivity index (χ4n) is 2.11. The van der Waals surface area contributed by atoms with Crippen molar-refractivity contribution in [2.24, 2.45) is 0 Å². The van der Waals surface area contributed by atoms with Crippen molar-refractivity contribution in [2.75, 3.05) is 0 Å². The maximum absolute atomic E-state index is 12.0. The summed E-state index contributed by atoms with van der Waals surface area (Å²) in [4.78, 5) is 16.8. The molecule has 2 heterocycles. The fourth-order valence-corrected chi connectivity index (χ4v) is 2.73. The van der Waals surface area contributed by atoms with Gasteiger partial charge in [-0.25, -0.2) is 4.98 Å². The predicted octanol–water partition coefficient (Wildman–Crippen LogP) is 3.42. The molecule has 21 heavy (non-hydrogen) atoms. The first kappa shape index (κ1) is 13.6. The predicted molar refractivity (Wildman–Crippen MR) is 83.8 cm³/mol. The Morgan fingerprint density at radius 3 is 2.71 bits per heavy atom. The van der Waals surface area contributed by atoms with Gasteiger partial charge in [0.05, 0.1) is 17.2 Å². The zero-order valence-electron chi connectivity index (χ0n) is 11.6. The molecule has 0 bridgehead atoms. The van der Waals surface area contributed by atoms with Gasteiger partial charge in [0.15, 0.2) is 0 Å². The van der Waals surface area contributed by atoms with Gasteiger partial charge in [-0.2, -0.15) is 0 Å². The average Bonchev–Trinajstić information content (AvgIpc) is 3.20. The van der Waals surface area contributed by atoms with E-state index in [1.165, 1.54) is 11.3 Å². The molecule has 3 aromatic rings. The van der Waals surface area contributed by atoms with Crippen LogP contribution in [0.25, 0.3) is 5.69 Å². The number of benzene rings is 1. The van der Waals surface area contributed by atoms with E-state index in [2.05, 4.69) is 10.3 Å². The van der Waals surface area contributed by atoms with Crippen molar-refractivity contribution < 1.29 is 4.79 Å². The molecule has 1 unspecified atom stereocenters.